The molecule has 0 heterocycles. The summed E-state index contributed by atoms with van der Waals surface area (Å²) < 4.78 is 0. The molecule has 0 atom stereocenters. The maximum Gasteiger partial charge on any atom is 0.0435 e. The van der Waals surface area contributed by atoms with Gasteiger partial charge in [0.2, 0.25) is 0 Å². The average Bonchev–Trinajstić information content (AvgIpc) is 2.16. The first-order valence-corrected chi connectivity index (χ1v) is 4.97. The van der Waals surface area contributed by atoms with Gasteiger partial charge in [-0.25, -0.2) is 0 Å². The summed E-state index contributed by atoms with van der Waals surface area (Å²) in [5.41, 5.74) is 5.27. The second kappa shape index (κ2) is 4.32. The topological polar surface area (TPSA) is 3.24 Å². The van der Waals surface area contributed by atoms with Gasteiger partial charge in [0.1, 0.15) is 0 Å². The van der Waals surface area contributed by atoms with E-state index in [9.17, 15) is 0 Å². The Morgan fingerprint density at radius 2 is 1.64 bits per heavy atom. The van der Waals surface area contributed by atoms with Crippen LogP contribution in [0.15, 0.2) is 35.5 Å². The quantitative estimate of drug-likeness (QED) is 0.685. The van der Waals surface area contributed by atoms with Gasteiger partial charge in [-0.3, -0.25) is 0 Å². The van der Waals surface area contributed by atoms with Crippen molar-refractivity contribution < 1.29 is 0 Å². The van der Waals surface area contributed by atoms with Gasteiger partial charge in [0, 0.05) is 18.4 Å². The Hall–Kier alpha value is -1.24. The highest BCUT2D eigenvalue weighted by Gasteiger charge is 2.05. The van der Waals surface area contributed by atoms with E-state index in [2.05, 4.69) is 63.9 Å². The van der Waals surface area contributed by atoms with Crippen LogP contribution in [0.3, 0.4) is 0 Å². The molecule has 0 amide bonds. The normalized spacial score (nSPS) is 9.79. The van der Waals surface area contributed by atoms with E-state index in [1.165, 1.54) is 22.5 Å². The van der Waals surface area contributed by atoms with Crippen LogP contribution in [0, 0.1) is 6.92 Å². The number of rotatable bonds is 2. The van der Waals surface area contributed by atoms with E-state index < -0.39 is 0 Å². The van der Waals surface area contributed by atoms with Crippen molar-refractivity contribution in [2.45, 2.75) is 27.7 Å². The lowest BCUT2D eigenvalue weighted by Crippen LogP contribution is -2.16. The second-order valence-corrected chi connectivity index (χ2v) is 3.93. The van der Waals surface area contributed by atoms with E-state index in [1.54, 1.807) is 0 Å². The molecule has 0 aliphatic heterocycles. The minimum absolute atomic E-state index is 1.28. The fourth-order valence-electron chi connectivity index (χ4n) is 1.46. The summed E-state index contributed by atoms with van der Waals surface area (Å²) in [5.74, 6) is 0. The summed E-state index contributed by atoms with van der Waals surface area (Å²) in [5, 5.41) is 0. The van der Waals surface area contributed by atoms with E-state index in [0.29, 0.717) is 0 Å². The molecule has 0 N–H and O–H groups in total. The smallest absolute Gasteiger partial charge is 0.0435 e. The minimum Gasteiger partial charge on any atom is -0.348 e. The highest BCUT2D eigenvalue weighted by atomic mass is 15.1. The molecular weight excluding hydrogens is 170 g/mol. The molecule has 0 spiro atoms. The number of para-hydroxylation sites is 1. The predicted octanol–water partition coefficient (Wildman–Crippen LogP) is 3.75. The maximum absolute atomic E-state index is 2.24. The molecule has 0 bridgehead atoms. The van der Waals surface area contributed by atoms with E-state index in [-0.39, 0.29) is 0 Å². The molecule has 0 saturated heterocycles. The first-order chi connectivity index (χ1) is 6.54. The third kappa shape index (κ3) is 2.16. The molecule has 0 fully saturated rings. The van der Waals surface area contributed by atoms with Gasteiger partial charge in [-0.2, -0.15) is 0 Å². The average molecular weight is 189 g/mol. The van der Waals surface area contributed by atoms with Crippen LogP contribution in [-0.4, -0.2) is 7.05 Å². The Morgan fingerprint density at radius 1 is 1.07 bits per heavy atom. The van der Waals surface area contributed by atoms with Crippen molar-refractivity contribution in [3.05, 3.63) is 41.1 Å². The van der Waals surface area contributed by atoms with Crippen LogP contribution >= 0.6 is 0 Å². The predicted molar refractivity (Wildman–Crippen MR) is 63.6 cm³/mol. The summed E-state index contributed by atoms with van der Waals surface area (Å²) in [6.07, 6.45) is 0. The van der Waals surface area contributed by atoms with E-state index >= 15 is 0 Å². The molecule has 1 nitrogen and oxygen atoms in total. The highest BCUT2D eigenvalue weighted by molar-refractivity contribution is 5.56. The highest BCUT2D eigenvalue weighted by Crippen LogP contribution is 2.22. The van der Waals surface area contributed by atoms with Crippen molar-refractivity contribution in [2.75, 3.05) is 11.9 Å². The molecule has 1 heteroatoms. The zero-order valence-corrected chi connectivity index (χ0v) is 9.76. The molecule has 0 aliphatic carbocycles. The van der Waals surface area contributed by atoms with Crippen molar-refractivity contribution in [3.63, 3.8) is 0 Å². The number of aryl methyl sites for hydroxylation is 1. The van der Waals surface area contributed by atoms with Gasteiger partial charge < -0.3 is 4.90 Å². The van der Waals surface area contributed by atoms with Crippen molar-refractivity contribution in [3.8, 4) is 0 Å². The molecular formula is C13H19N. The number of allylic oxidation sites excluding steroid dienone is 2. The SMILES string of the molecule is CC(C)=C(C)N(C)c1ccccc1C. The number of hydrogen-bond acceptors (Lipinski definition) is 1. The maximum atomic E-state index is 2.24. The second-order valence-electron chi connectivity index (χ2n) is 3.93. The van der Waals surface area contributed by atoms with Crippen molar-refractivity contribution in [2.24, 2.45) is 0 Å². The molecule has 1 aromatic carbocycles. The van der Waals surface area contributed by atoms with Crippen molar-refractivity contribution >= 4 is 5.69 Å². The molecule has 0 aliphatic rings. The molecule has 14 heavy (non-hydrogen) atoms. The summed E-state index contributed by atoms with van der Waals surface area (Å²) in [6, 6.07) is 8.45. The van der Waals surface area contributed by atoms with Gasteiger partial charge in [-0.05, 0) is 39.3 Å². The molecule has 1 aromatic rings. The lowest BCUT2D eigenvalue weighted by Gasteiger charge is -2.23. The summed E-state index contributed by atoms with van der Waals surface area (Å²) in [7, 11) is 2.12. The summed E-state index contributed by atoms with van der Waals surface area (Å²) in [6.45, 7) is 8.58. The fraction of sp³-hybridized carbons (Fsp3) is 0.385. The number of anilines is 1. The Kier molecular flexibility index (Phi) is 3.34. The monoisotopic (exact) mass is 189 g/mol. The van der Waals surface area contributed by atoms with Gasteiger partial charge in [-0.15, -0.1) is 0 Å². The van der Waals surface area contributed by atoms with E-state index in [0.717, 1.165) is 0 Å². The van der Waals surface area contributed by atoms with Crippen LogP contribution in [0.4, 0.5) is 5.69 Å². The Labute approximate surface area is 87.1 Å². The summed E-state index contributed by atoms with van der Waals surface area (Å²) in [4.78, 5) is 2.24. The van der Waals surface area contributed by atoms with Crippen LogP contribution in [0.5, 0.6) is 0 Å². The van der Waals surface area contributed by atoms with Crippen LogP contribution in [-0.2, 0) is 0 Å². The van der Waals surface area contributed by atoms with Crippen molar-refractivity contribution in [1.82, 2.24) is 0 Å². The van der Waals surface area contributed by atoms with Crippen LogP contribution in [0.1, 0.15) is 26.3 Å². The lowest BCUT2D eigenvalue weighted by molar-refractivity contribution is 1.04. The van der Waals surface area contributed by atoms with Gasteiger partial charge in [-0.1, -0.05) is 23.8 Å². The number of nitrogens with zero attached hydrogens (tertiary/aromatic N) is 1. The standard InChI is InChI=1S/C13H19N/c1-10(2)12(4)14(5)13-9-7-6-8-11(13)3/h6-9H,1-5H3. The Bertz CT molecular complexity index is 346. The zero-order chi connectivity index (χ0) is 10.7. The molecule has 76 valence electrons. The largest absolute Gasteiger partial charge is 0.348 e. The molecule has 0 radical (unpaired) electrons. The van der Waals surface area contributed by atoms with Crippen LogP contribution in [0.2, 0.25) is 0 Å². The van der Waals surface area contributed by atoms with Crippen LogP contribution < -0.4 is 4.90 Å². The molecule has 0 saturated carbocycles. The van der Waals surface area contributed by atoms with Crippen molar-refractivity contribution in [1.29, 1.82) is 0 Å². The van der Waals surface area contributed by atoms with Gasteiger partial charge in [0.15, 0.2) is 0 Å². The third-order valence-electron chi connectivity index (χ3n) is 2.70. The minimum atomic E-state index is 1.28. The van der Waals surface area contributed by atoms with Crippen LogP contribution in [0.25, 0.3) is 0 Å². The Morgan fingerprint density at radius 3 is 2.14 bits per heavy atom. The first kappa shape index (κ1) is 10.8. The van der Waals surface area contributed by atoms with Gasteiger partial charge in [0.05, 0.1) is 0 Å². The third-order valence-corrected chi connectivity index (χ3v) is 2.70. The lowest BCUT2D eigenvalue weighted by atomic mass is 10.1. The van der Waals surface area contributed by atoms with E-state index in [4.69, 9.17) is 0 Å². The molecule has 1 rings (SSSR count). The van der Waals surface area contributed by atoms with Gasteiger partial charge in [0.25, 0.3) is 0 Å². The first-order valence-electron chi connectivity index (χ1n) is 4.97. The fourth-order valence-corrected chi connectivity index (χ4v) is 1.46. The number of benzene rings is 1. The molecule has 0 aromatic heterocycles. The zero-order valence-electron chi connectivity index (χ0n) is 9.76. The van der Waals surface area contributed by atoms with Gasteiger partial charge >= 0.3 is 0 Å². The molecule has 0 unspecified atom stereocenters. The van der Waals surface area contributed by atoms with E-state index in [1.807, 2.05) is 0 Å². The number of hydrogen-bond donors (Lipinski definition) is 0. The summed E-state index contributed by atoms with van der Waals surface area (Å²) >= 11 is 0. The Balaban J connectivity index is 3.07.